The molecule has 2 aromatic carbocycles. The van der Waals surface area contributed by atoms with E-state index in [1.165, 1.54) is 18.5 Å². The normalized spacial score (nSPS) is 11.5. The van der Waals surface area contributed by atoms with Crippen molar-refractivity contribution in [1.29, 1.82) is 0 Å². The van der Waals surface area contributed by atoms with Crippen LogP contribution in [0.4, 0.5) is 13.2 Å². The van der Waals surface area contributed by atoms with Crippen molar-refractivity contribution >= 4 is 0 Å². The van der Waals surface area contributed by atoms with Gasteiger partial charge in [-0.25, -0.2) is 0 Å². The van der Waals surface area contributed by atoms with Crippen molar-refractivity contribution < 1.29 is 26.8 Å². The van der Waals surface area contributed by atoms with Crippen LogP contribution in [0.3, 0.4) is 0 Å². The zero-order valence-corrected chi connectivity index (χ0v) is 14.1. The first-order valence-electron chi connectivity index (χ1n) is 7.99. The molecule has 0 fully saturated rings. The number of benzene rings is 2. The minimum absolute atomic E-state index is 0.0358. The number of ether oxygens (including phenoxy) is 1. The quantitative estimate of drug-likeness (QED) is 0.501. The highest BCUT2D eigenvalue weighted by Crippen LogP contribution is 2.31. The molecule has 0 bridgehead atoms. The first-order valence-corrected chi connectivity index (χ1v) is 7.99. The molecule has 4 aromatic rings. The lowest BCUT2D eigenvalue weighted by Gasteiger charge is -2.06. The van der Waals surface area contributed by atoms with Gasteiger partial charge in [0.1, 0.15) is 5.75 Å². The van der Waals surface area contributed by atoms with E-state index in [0.717, 1.165) is 17.7 Å². The molecule has 0 aliphatic carbocycles. The smallest absolute Gasteiger partial charge is 0.416 e. The summed E-state index contributed by atoms with van der Waals surface area (Å²) >= 11 is 0. The summed E-state index contributed by atoms with van der Waals surface area (Å²) in [6, 6.07) is 11.6. The molecule has 0 spiro atoms. The predicted molar refractivity (Wildman–Crippen MR) is 88.8 cm³/mol. The van der Waals surface area contributed by atoms with Crippen molar-refractivity contribution in [1.82, 2.24) is 20.3 Å². The second kappa shape index (κ2) is 7.14. The van der Waals surface area contributed by atoms with E-state index in [1.807, 2.05) is 0 Å². The van der Waals surface area contributed by atoms with Gasteiger partial charge in [-0.15, -0.1) is 10.2 Å². The molecule has 0 aliphatic heterocycles. The maximum atomic E-state index is 12.8. The standard InChI is InChI=1S/C18H11F3N4O3/c19-18(20,21)13-3-1-2-12(8-13)16-23-15(28-25-16)9-26-14-6-4-11(5-7-14)17-24-22-10-27-17/h1-8,10H,9H2. The van der Waals surface area contributed by atoms with E-state index in [2.05, 4.69) is 20.3 Å². The average Bonchev–Trinajstić information content (AvgIpc) is 3.38. The first kappa shape index (κ1) is 17.7. The number of rotatable bonds is 5. The van der Waals surface area contributed by atoms with E-state index >= 15 is 0 Å². The molecule has 28 heavy (non-hydrogen) atoms. The summed E-state index contributed by atoms with van der Waals surface area (Å²) in [5, 5.41) is 11.1. The van der Waals surface area contributed by atoms with Crippen LogP contribution in [0.5, 0.6) is 5.75 Å². The minimum atomic E-state index is -4.45. The Balaban J connectivity index is 1.43. The lowest BCUT2D eigenvalue weighted by Crippen LogP contribution is -2.04. The topological polar surface area (TPSA) is 87.1 Å². The fourth-order valence-electron chi connectivity index (χ4n) is 2.40. The molecule has 0 amide bonds. The van der Waals surface area contributed by atoms with Crippen molar-refractivity contribution in [2.45, 2.75) is 12.8 Å². The molecule has 2 aromatic heterocycles. The average molecular weight is 388 g/mol. The maximum Gasteiger partial charge on any atom is 0.416 e. The van der Waals surface area contributed by atoms with Crippen LogP contribution in [0, 0.1) is 0 Å². The Morgan fingerprint density at radius 2 is 1.82 bits per heavy atom. The first-order chi connectivity index (χ1) is 13.5. The van der Waals surface area contributed by atoms with E-state index < -0.39 is 11.7 Å². The summed E-state index contributed by atoms with van der Waals surface area (Å²) in [4.78, 5) is 4.07. The summed E-state index contributed by atoms with van der Waals surface area (Å²) in [7, 11) is 0. The van der Waals surface area contributed by atoms with Crippen LogP contribution in [-0.2, 0) is 12.8 Å². The van der Waals surface area contributed by atoms with Gasteiger partial charge >= 0.3 is 6.18 Å². The van der Waals surface area contributed by atoms with Crippen LogP contribution in [0.25, 0.3) is 22.8 Å². The van der Waals surface area contributed by atoms with Crippen LogP contribution < -0.4 is 4.74 Å². The van der Waals surface area contributed by atoms with E-state index in [1.54, 1.807) is 24.3 Å². The van der Waals surface area contributed by atoms with Gasteiger partial charge in [0, 0.05) is 11.1 Å². The number of halogens is 3. The molecular weight excluding hydrogens is 377 g/mol. The summed E-state index contributed by atoms with van der Waals surface area (Å²) in [5.41, 5.74) is 0.150. The fourth-order valence-corrected chi connectivity index (χ4v) is 2.40. The highest BCUT2D eigenvalue weighted by Gasteiger charge is 2.30. The molecule has 0 saturated carbocycles. The van der Waals surface area contributed by atoms with Gasteiger partial charge in [0.25, 0.3) is 5.89 Å². The van der Waals surface area contributed by atoms with Gasteiger partial charge in [0.15, 0.2) is 6.61 Å². The largest absolute Gasteiger partial charge is 0.484 e. The Morgan fingerprint density at radius 3 is 2.54 bits per heavy atom. The Kier molecular flexibility index (Phi) is 4.52. The van der Waals surface area contributed by atoms with Crippen molar-refractivity contribution in [3.05, 3.63) is 66.4 Å². The highest BCUT2D eigenvalue weighted by molar-refractivity contribution is 5.56. The molecule has 0 atom stereocenters. The van der Waals surface area contributed by atoms with E-state index in [9.17, 15) is 13.2 Å². The SMILES string of the molecule is FC(F)(F)c1cccc(-c2noc(COc3ccc(-c4nnco4)cc3)n2)c1. The molecule has 2 heterocycles. The van der Waals surface area contributed by atoms with Crippen LogP contribution >= 0.6 is 0 Å². The third kappa shape index (κ3) is 3.85. The van der Waals surface area contributed by atoms with Crippen molar-refractivity contribution in [2.24, 2.45) is 0 Å². The predicted octanol–water partition coefficient (Wildman–Crippen LogP) is 4.38. The molecule has 0 aliphatic rings. The molecule has 0 radical (unpaired) electrons. The number of alkyl halides is 3. The second-order valence-electron chi connectivity index (χ2n) is 5.65. The van der Waals surface area contributed by atoms with Crippen LogP contribution in [0.1, 0.15) is 11.5 Å². The Morgan fingerprint density at radius 1 is 1.00 bits per heavy atom. The Bertz CT molecular complexity index is 1060. The molecule has 7 nitrogen and oxygen atoms in total. The summed E-state index contributed by atoms with van der Waals surface area (Å²) < 4.78 is 54.1. The van der Waals surface area contributed by atoms with E-state index in [0.29, 0.717) is 11.6 Å². The van der Waals surface area contributed by atoms with Gasteiger partial charge in [0.2, 0.25) is 18.1 Å². The molecule has 142 valence electrons. The maximum absolute atomic E-state index is 12.8. The van der Waals surface area contributed by atoms with Gasteiger partial charge in [-0.1, -0.05) is 17.3 Å². The highest BCUT2D eigenvalue weighted by atomic mass is 19.4. The molecule has 4 rings (SSSR count). The minimum Gasteiger partial charge on any atom is -0.484 e. The summed E-state index contributed by atoms with van der Waals surface area (Å²) in [6.45, 7) is -0.0358. The zero-order valence-electron chi connectivity index (χ0n) is 14.1. The van der Waals surface area contributed by atoms with Crippen LogP contribution in [0.15, 0.2) is 63.9 Å². The van der Waals surface area contributed by atoms with Gasteiger partial charge in [-0.2, -0.15) is 18.2 Å². The zero-order chi connectivity index (χ0) is 19.6. The lowest BCUT2D eigenvalue weighted by molar-refractivity contribution is -0.137. The van der Waals surface area contributed by atoms with Gasteiger partial charge in [-0.05, 0) is 36.4 Å². The number of aromatic nitrogens is 4. The van der Waals surface area contributed by atoms with Gasteiger partial charge in [-0.3, -0.25) is 0 Å². The lowest BCUT2D eigenvalue weighted by atomic mass is 10.1. The monoisotopic (exact) mass is 388 g/mol. The third-order valence-corrected chi connectivity index (χ3v) is 3.74. The van der Waals surface area contributed by atoms with Crippen molar-refractivity contribution in [3.63, 3.8) is 0 Å². The Hall–Kier alpha value is -3.69. The van der Waals surface area contributed by atoms with Crippen LogP contribution in [-0.4, -0.2) is 20.3 Å². The molecular formula is C18H11F3N4O3. The summed E-state index contributed by atoms with van der Waals surface area (Å²) in [6.07, 6.45) is -3.21. The molecule has 0 unspecified atom stereocenters. The van der Waals surface area contributed by atoms with Gasteiger partial charge in [0.05, 0.1) is 5.56 Å². The number of hydrogen-bond donors (Lipinski definition) is 0. The van der Waals surface area contributed by atoms with Crippen molar-refractivity contribution in [3.8, 4) is 28.6 Å². The van der Waals surface area contributed by atoms with E-state index in [4.69, 9.17) is 13.7 Å². The van der Waals surface area contributed by atoms with Gasteiger partial charge < -0.3 is 13.7 Å². The second-order valence-corrected chi connectivity index (χ2v) is 5.65. The fraction of sp³-hybridized carbons (Fsp3) is 0.111. The van der Waals surface area contributed by atoms with E-state index in [-0.39, 0.29) is 23.9 Å². The third-order valence-electron chi connectivity index (χ3n) is 3.74. The number of nitrogens with zero attached hydrogens (tertiary/aromatic N) is 4. The molecule has 0 saturated heterocycles. The Labute approximate surface area is 155 Å². The molecule has 10 heteroatoms. The molecule has 0 N–H and O–H groups in total. The van der Waals surface area contributed by atoms with Crippen LogP contribution in [0.2, 0.25) is 0 Å². The summed E-state index contributed by atoms with van der Waals surface area (Å²) in [5.74, 6) is 1.10. The van der Waals surface area contributed by atoms with Crippen molar-refractivity contribution in [2.75, 3.05) is 0 Å². The number of hydrogen-bond acceptors (Lipinski definition) is 7.